The lowest BCUT2D eigenvalue weighted by molar-refractivity contribution is 0.381. The van der Waals surface area contributed by atoms with E-state index in [0.29, 0.717) is 78.6 Å². The molecule has 0 atom stereocenters. The lowest BCUT2D eigenvalue weighted by atomic mass is 9.33. The van der Waals surface area contributed by atoms with Gasteiger partial charge in [0.15, 0.2) is 46.5 Å². The topological polar surface area (TPSA) is 6.48 Å². The van der Waals surface area contributed by atoms with Gasteiger partial charge in [0.25, 0.3) is 6.71 Å². The van der Waals surface area contributed by atoms with Gasteiger partial charge in [-0.25, -0.2) is 43.9 Å². The average Bonchev–Trinajstić information content (AvgIpc) is 1.26. The van der Waals surface area contributed by atoms with E-state index < -0.39 is 81.4 Å². The summed E-state index contributed by atoms with van der Waals surface area (Å²) in [6.07, 6.45) is 0. The molecule has 2 aliphatic heterocycles. The second-order valence-corrected chi connectivity index (χ2v) is 30.7. The first-order valence-corrected chi connectivity index (χ1v) is 37.0. The van der Waals surface area contributed by atoms with E-state index in [1.165, 1.54) is 24.3 Å². The van der Waals surface area contributed by atoms with Crippen LogP contribution in [-0.2, 0) is 5.41 Å². The zero-order valence-corrected chi connectivity index (χ0v) is 59.8. The van der Waals surface area contributed by atoms with Gasteiger partial charge in [-0.1, -0.05) is 239 Å². The zero-order valence-electron chi connectivity index (χ0n) is 58.1. The van der Waals surface area contributed by atoms with Gasteiger partial charge >= 0.3 is 0 Å². The van der Waals surface area contributed by atoms with E-state index in [0.717, 1.165) is 84.6 Å². The van der Waals surface area contributed by atoms with E-state index in [1.807, 2.05) is 146 Å². The van der Waals surface area contributed by atoms with Crippen LogP contribution in [0.4, 0.5) is 78.0 Å². The van der Waals surface area contributed by atoms with Crippen LogP contribution in [0.3, 0.4) is 0 Å². The largest absolute Gasteiger partial charge is 0.310 e. The van der Waals surface area contributed by atoms with Crippen LogP contribution in [0, 0.1) is 58.2 Å². The van der Waals surface area contributed by atoms with Crippen molar-refractivity contribution in [2.75, 3.05) is 9.80 Å². The van der Waals surface area contributed by atoms with Gasteiger partial charge in [0, 0.05) is 85.3 Å². The highest BCUT2D eigenvalue weighted by atomic mass is 32.1. The second kappa shape index (κ2) is 25.7. The van der Waals surface area contributed by atoms with Gasteiger partial charge in [0.2, 0.25) is 11.6 Å². The molecule has 0 fully saturated rings. The predicted molar refractivity (Wildman–Crippen MR) is 428 cm³/mol. The summed E-state index contributed by atoms with van der Waals surface area (Å²) in [7, 11) is 0. The first kappa shape index (κ1) is 67.3. The summed E-state index contributed by atoms with van der Waals surface area (Å²) in [6, 6.07) is 88.9. The molecule has 0 bridgehead atoms. The first-order chi connectivity index (χ1) is 52.9. The molecular formula is C94H55BF10N2S2. The predicted octanol–water partition coefficient (Wildman–Crippen LogP) is 26.5. The van der Waals surface area contributed by atoms with Crippen molar-refractivity contribution in [2.24, 2.45) is 0 Å². The number of thiophene rings is 2. The molecule has 0 unspecified atom stereocenters. The minimum atomic E-state index is -2.29. The minimum absolute atomic E-state index is 0.292. The molecule has 15 aromatic carbocycles. The Hall–Kier alpha value is -12.3. The molecular weight excluding hydrogens is 1420 g/mol. The number of fused-ring (bicyclic) bond motifs is 10. The molecule has 0 amide bonds. The standard InChI is InChI=1S/C94H55BF10N2S2/c1-94(2,3)58-48-73-79-74(49-58)107(91-67(52-26-12-6-13-27-52)44-57(45-68(91)53-28-14-7-15-29-53)78-82(98)86(102)89(105)87(103)83(78)99)72-41-39-55(60-33-21-35-64-62-31-17-19-37-76(62)109-93(60)64)47-70(72)95(79)69-46-54(59-32-20-34-63-61-30-16-18-36-75(61)108-92(59)63)38-40-71(69)106(73)90-65(50-22-8-4-9-23-50)42-56(43-66(90)51-24-10-5-11-25-51)77-80(96)84(100)88(104)85(101)81(77)97/h4-49H,1-3H3. The smallest absolute Gasteiger partial charge is 0.252 e. The Labute approximate surface area is 628 Å². The maximum Gasteiger partial charge on any atom is 0.252 e. The van der Waals surface area contributed by atoms with Crippen molar-refractivity contribution >= 4 is 120 Å². The fourth-order valence-electron chi connectivity index (χ4n) is 16.3. The van der Waals surface area contributed by atoms with Crippen LogP contribution in [0.25, 0.3) is 129 Å². The molecule has 4 heterocycles. The molecule has 2 aromatic heterocycles. The van der Waals surface area contributed by atoms with E-state index in [1.54, 1.807) is 22.7 Å². The fraction of sp³-hybridized carbons (Fsp3) is 0.0426. The maximum absolute atomic E-state index is 16.8. The van der Waals surface area contributed by atoms with Crippen LogP contribution in [-0.4, -0.2) is 6.71 Å². The van der Waals surface area contributed by atoms with Crippen LogP contribution < -0.4 is 26.2 Å². The van der Waals surface area contributed by atoms with Crippen molar-refractivity contribution in [3.05, 3.63) is 343 Å². The number of anilines is 6. The summed E-state index contributed by atoms with van der Waals surface area (Å²) in [5.74, 6) is -21.0. The van der Waals surface area contributed by atoms with Crippen molar-refractivity contribution in [1.29, 1.82) is 0 Å². The number of halogens is 10. The number of nitrogens with zero attached hydrogens (tertiary/aromatic N) is 2. The van der Waals surface area contributed by atoms with Crippen molar-refractivity contribution in [1.82, 2.24) is 0 Å². The Bertz CT molecular complexity index is 6110. The lowest BCUT2D eigenvalue weighted by Gasteiger charge is -2.46. The van der Waals surface area contributed by atoms with Crippen LogP contribution in [0.1, 0.15) is 26.3 Å². The molecule has 109 heavy (non-hydrogen) atoms. The molecule has 15 heteroatoms. The number of hydrogen-bond donors (Lipinski definition) is 0. The maximum atomic E-state index is 16.8. The third-order valence-electron chi connectivity index (χ3n) is 21.4. The summed E-state index contributed by atoms with van der Waals surface area (Å²) < 4.78 is 166. The Morgan fingerprint density at radius 2 is 0.578 bits per heavy atom. The van der Waals surface area contributed by atoms with E-state index >= 15 is 43.9 Å². The van der Waals surface area contributed by atoms with Gasteiger partial charge in [0.05, 0.1) is 22.5 Å². The Balaban J connectivity index is 1.00. The highest BCUT2D eigenvalue weighted by molar-refractivity contribution is 7.26. The highest BCUT2D eigenvalue weighted by Gasteiger charge is 2.47. The Morgan fingerprint density at radius 3 is 0.917 bits per heavy atom. The summed E-state index contributed by atoms with van der Waals surface area (Å²) >= 11 is 3.38. The fourth-order valence-corrected chi connectivity index (χ4v) is 18.8. The second-order valence-electron chi connectivity index (χ2n) is 28.6. The molecule has 0 spiro atoms. The van der Waals surface area contributed by atoms with Gasteiger partial charge in [-0.05, 0) is 144 Å². The third kappa shape index (κ3) is 10.6. The van der Waals surface area contributed by atoms with Crippen LogP contribution in [0.5, 0.6) is 0 Å². The zero-order chi connectivity index (χ0) is 74.6. The molecule has 0 saturated heterocycles. The Morgan fingerprint density at radius 1 is 0.266 bits per heavy atom. The summed E-state index contributed by atoms with van der Waals surface area (Å²) in [4.78, 5) is 4.34. The lowest BCUT2D eigenvalue weighted by Crippen LogP contribution is -2.61. The normalized spacial score (nSPS) is 12.6. The van der Waals surface area contributed by atoms with Gasteiger partial charge in [-0.15, -0.1) is 22.7 Å². The molecule has 0 N–H and O–H groups in total. The molecule has 2 nitrogen and oxygen atoms in total. The van der Waals surface area contributed by atoms with Gasteiger partial charge in [-0.2, -0.15) is 0 Å². The van der Waals surface area contributed by atoms with Crippen molar-refractivity contribution in [2.45, 2.75) is 26.2 Å². The summed E-state index contributed by atoms with van der Waals surface area (Å²) in [5, 5.41) is 4.35. The van der Waals surface area contributed by atoms with Gasteiger partial charge < -0.3 is 9.80 Å². The van der Waals surface area contributed by atoms with E-state index in [2.05, 4.69) is 140 Å². The van der Waals surface area contributed by atoms with E-state index in [-0.39, 0.29) is 11.1 Å². The van der Waals surface area contributed by atoms with Crippen molar-refractivity contribution in [3.8, 4) is 89.0 Å². The third-order valence-corrected chi connectivity index (χ3v) is 23.8. The molecule has 19 rings (SSSR count). The summed E-state index contributed by atoms with van der Waals surface area (Å²) in [6.45, 7) is 5.57. The number of hydrogen-bond acceptors (Lipinski definition) is 4. The number of rotatable bonds is 10. The minimum Gasteiger partial charge on any atom is -0.310 e. The van der Waals surface area contributed by atoms with Crippen LogP contribution in [0.15, 0.2) is 279 Å². The summed E-state index contributed by atoms with van der Waals surface area (Å²) in [5.41, 5.74) is 10.4. The number of benzene rings is 15. The van der Waals surface area contributed by atoms with Crippen molar-refractivity contribution in [3.63, 3.8) is 0 Å². The monoisotopic (exact) mass is 1480 g/mol. The molecule has 0 saturated carbocycles. The molecule has 0 aliphatic carbocycles. The van der Waals surface area contributed by atoms with E-state index in [4.69, 9.17) is 0 Å². The Kier molecular flexibility index (Phi) is 15.9. The molecule has 0 radical (unpaired) electrons. The highest BCUT2D eigenvalue weighted by Crippen LogP contribution is 2.57. The average molecular weight is 1480 g/mol. The van der Waals surface area contributed by atoms with Gasteiger partial charge in [-0.3, -0.25) is 0 Å². The molecule has 2 aliphatic rings. The van der Waals surface area contributed by atoms with Crippen LogP contribution in [0.2, 0.25) is 0 Å². The van der Waals surface area contributed by atoms with E-state index in [9.17, 15) is 0 Å². The molecule has 17 aromatic rings. The SMILES string of the molecule is CC(C)(C)c1cc2c3c(c1)N(c1c(-c4ccccc4)cc(-c4c(F)c(F)c(F)c(F)c4F)cc1-c1ccccc1)c1ccc(-c4cccc5c4sc4ccccc45)cc1B3c1cc(-c3cccc4c3sc3ccccc34)ccc1N2c1c(-c2ccccc2)cc(-c2c(F)c(F)c(F)c(F)c2F)cc1-c1ccccc1. The van der Waals surface area contributed by atoms with Crippen molar-refractivity contribution < 1.29 is 43.9 Å². The van der Waals surface area contributed by atoms with Crippen LogP contribution >= 0.6 is 22.7 Å². The first-order valence-electron chi connectivity index (χ1n) is 35.4. The molecule has 526 valence electrons. The van der Waals surface area contributed by atoms with Gasteiger partial charge in [0.1, 0.15) is 0 Å². The quantitative estimate of drug-likeness (QED) is 0.0583.